The molecule has 0 amide bonds. The van der Waals surface area contributed by atoms with Crippen molar-refractivity contribution in [2.75, 3.05) is 0 Å². The van der Waals surface area contributed by atoms with E-state index in [1.807, 2.05) is 6.20 Å². The number of aryl methyl sites for hydroxylation is 1. The van der Waals surface area contributed by atoms with Crippen LogP contribution in [-0.4, -0.2) is 9.38 Å². The fraction of sp³-hybridized carbons (Fsp3) is 0.300. The van der Waals surface area contributed by atoms with Gasteiger partial charge in [0.05, 0.1) is 22.1 Å². The summed E-state index contributed by atoms with van der Waals surface area (Å²) in [5.41, 5.74) is 9.21. The van der Waals surface area contributed by atoms with Gasteiger partial charge in [0, 0.05) is 27.7 Å². The number of hydrogen-bond acceptors (Lipinski definition) is 1. The van der Waals surface area contributed by atoms with Gasteiger partial charge < -0.3 is 4.40 Å². The average molecular weight is 419 g/mol. The maximum absolute atomic E-state index is 4.97. The van der Waals surface area contributed by atoms with E-state index in [1.54, 1.807) is 0 Å². The molecule has 0 aliphatic rings. The predicted molar refractivity (Wildman–Crippen MR) is 138 cm³/mol. The average Bonchev–Trinajstić information content (AvgIpc) is 3.08. The lowest BCUT2D eigenvalue weighted by molar-refractivity contribution is 0.594. The lowest BCUT2D eigenvalue weighted by atomic mass is 9.83. The minimum absolute atomic E-state index is 0.0226. The molecule has 3 aromatic heterocycles. The van der Waals surface area contributed by atoms with Crippen LogP contribution < -0.4 is 0 Å². The minimum Gasteiger partial charge on any atom is -0.308 e. The summed E-state index contributed by atoms with van der Waals surface area (Å²) in [6.45, 7) is 13.8. The molecule has 32 heavy (non-hydrogen) atoms. The molecule has 3 aromatic carbocycles. The van der Waals surface area contributed by atoms with Crippen LogP contribution in [0.2, 0.25) is 0 Å². The number of para-hydroxylation sites is 1. The molecule has 160 valence electrons. The van der Waals surface area contributed by atoms with Crippen LogP contribution in [0.15, 0.2) is 54.7 Å². The molecule has 0 bridgehead atoms. The molecule has 0 atom stereocenters. The summed E-state index contributed by atoms with van der Waals surface area (Å²) in [4.78, 5) is 4.97. The predicted octanol–water partition coefficient (Wildman–Crippen LogP) is 8.19. The van der Waals surface area contributed by atoms with Crippen molar-refractivity contribution in [3.05, 3.63) is 71.4 Å². The van der Waals surface area contributed by atoms with Crippen molar-refractivity contribution in [3.8, 4) is 0 Å². The topological polar surface area (TPSA) is 17.3 Å². The molecule has 6 aromatic rings. The standard InChI is InChI=1S/C30H30N2/c1-17(2)13-20-16-19-11-12-31-27-22-14-18(3)15-23(30(4,5)6)28(22)32-24-10-8-7-9-21(24)25(20)29(32)26(19)27/h7-12,14-17H,13H2,1-6H3. The Kier molecular flexibility index (Phi) is 3.94. The molecular weight excluding hydrogens is 388 g/mol. The van der Waals surface area contributed by atoms with Gasteiger partial charge in [-0.15, -0.1) is 0 Å². The molecule has 0 saturated heterocycles. The first-order valence-corrected chi connectivity index (χ1v) is 11.8. The van der Waals surface area contributed by atoms with Crippen LogP contribution in [0.5, 0.6) is 0 Å². The maximum Gasteiger partial charge on any atom is 0.0822 e. The number of rotatable bonds is 2. The first-order valence-electron chi connectivity index (χ1n) is 11.8. The third-order valence-corrected chi connectivity index (χ3v) is 6.91. The molecular formula is C30H30N2. The van der Waals surface area contributed by atoms with Gasteiger partial charge in [-0.1, -0.05) is 70.5 Å². The van der Waals surface area contributed by atoms with Crippen molar-refractivity contribution in [3.63, 3.8) is 0 Å². The van der Waals surface area contributed by atoms with Gasteiger partial charge in [0.15, 0.2) is 0 Å². The van der Waals surface area contributed by atoms with Crippen LogP contribution in [0.1, 0.15) is 51.3 Å². The van der Waals surface area contributed by atoms with E-state index >= 15 is 0 Å². The van der Waals surface area contributed by atoms with Crippen LogP contribution in [0.25, 0.3) is 49.0 Å². The molecule has 0 fully saturated rings. The Morgan fingerprint density at radius 1 is 0.906 bits per heavy atom. The zero-order valence-electron chi connectivity index (χ0n) is 19.9. The second-order valence-electron chi connectivity index (χ2n) is 10.9. The van der Waals surface area contributed by atoms with E-state index in [4.69, 9.17) is 4.98 Å². The van der Waals surface area contributed by atoms with Crippen molar-refractivity contribution in [2.45, 2.75) is 53.4 Å². The van der Waals surface area contributed by atoms with E-state index in [0.717, 1.165) is 11.9 Å². The Morgan fingerprint density at radius 2 is 1.69 bits per heavy atom. The monoisotopic (exact) mass is 418 g/mol. The molecule has 0 radical (unpaired) electrons. The largest absolute Gasteiger partial charge is 0.308 e. The summed E-state index contributed by atoms with van der Waals surface area (Å²) in [7, 11) is 0. The molecule has 2 heteroatoms. The summed E-state index contributed by atoms with van der Waals surface area (Å²) in [5, 5.41) is 6.60. The summed E-state index contributed by atoms with van der Waals surface area (Å²) >= 11 is 0. The van der Waals surface area contributed by atoms with Crippen molar-refractivity contribution in [2.24, 2.45) is 5.92 Å². The highest BCUT2D eigenvalue weighted by Crippen LogP contribution is 2.45. The molecule has 0 spiro atoms. The Balaban J connectivity index is 2.04. The van der Waals surface area contributed by atoms with E-state index in [0.29, 0.717) is 5.92 Å². The molecule has 0 N–H and O–H groups in total. The summed E-state index contributed by atoms with van der Waals surface area (Å²) in [6.07, 6.45) is 3.06. The molecule has 3 heterocycles. The molecule has 0 unspecified atom stereocenters. The zero-order valence-corrected chi connectivity index (χ0v) is 19.9. The Hall–Kier alpha value is -3.13. The highest BCUT2D eigenvalue weighted by Gasteiger charge is 2.26. The normalized spacial score (nSPS) is 13.1. The van der Waals surface area contributed by atoms with Gasteiger partial charge in [-0.05, 0) is 59.4 Å². The SMILES string of the molecule is Cc1cc(C(C)(C)C)c2c(c1)c1nccc3cc(CC(C)C)c4c5ccccc5n2c4c31. The number of fused-ring (bicyclic) bond motifs is 6. The second-order valence-corrected chi connectivity index (χ2v) is 10.9. The first kappa shape index (κ1) is 19.5. The Bertz CT molecular complexity index is 1660. The summed E-state index contributed by atoms with van der Waals surface area (Å²) in [5.74, 6) is 0.599. The fourth-order valence-electron chi connectivity index (χ4n) is 5.72. The van der Waals surface area contributed by atoms with Gasteiger partial charge in [-0.25, -0.2) is 0 Å². The zero-order chi connectivity index (χ0) is 22.4. The van der Waals surface area contributed by atoms with Crippen LogP contribution in [0, 0.1) is 12.8 Å². The Labute approximate surface area is 189 Å². The van der Waals surface area contributed by atoms with E-state index < -0.39 is 0 Å². The molecule has 0 aliphatic carbocycles. The molecule has 0 saturated carbocycles. The van der Waals surface area contributed by atoms with Gasteiger partial charge in [-0.2, -0.15) is 0 Å². The lowest BCUT2D eigenvalue weighted by Gasteiger charge is -2.24. The maximum atomic E-state index is 4.97. The third kappa shape index (κ3) is 2.56. The van der Waals surface area contributed by atoms with Crippen molar-refractivity contribution in [1.29, 1.82) is 0 Å². The smallest absolute Gasteiger partial charge is 0.0822 e. The highest BCUT2D eigenvalue weighted by atomic mass is 14.9. The number of pyridine rings is 2. The Morgan fingerprint density at radius 3 is 2.44 bits per heavy atom. The van der Waals surface area contributed by atoms with Gasteiger partial charge >= 0.3 is 0 Å². The van der Waals surface area contributed by atoms with Crippen molar-refractivity contribution >= 4 is 49.0 Å². The summed E-state index contributed by atoms with van der Waals surface area (Å²) in [6, 6.07) is 18.3. The van der Waals surface area contributed by atoms with Gasteiger partial charge in [0.1, 0.15) is 0 Å². The molecule has 0 aliphatic heterocycles. The van der Waals surface area contributed by atoms with Gasteiger partial charge in [0.25, 0.3) is 0 Å². The quantitative estimate of drug-likeness (QED) is 0.205. The number of aromatic nitrogens is 2. The van der Waals surface area contributed by atoms with Crippen LogP contribution in [-0.2, 0) is 11.8 Å². The number of nitrogens with zero attached hydrogens (tertiary/aromatic N) is 2. The molecule has 6 rings (SSSR count). The highest BCUT2D eigenvalue weighted by molar-refractivity contribution is 6.28. The third-order valence-electron chi connectivity index (χ3n) is 6.91. The molecule has 2 nitrogen and oxygen atoms in total. The fourth-order valence-corrected chi connectivity index (χ4v) is 5.72. The van der Waals surface area contributed by atoms with Gasteiger partial charge in [-0.3, -0.25) is 4.98 Å². The summed E-state index contributed by atoms with van der Waals surface area (Å²) < 4.78 is 2.56. The number of benzene rings is 3. The van der Waals surface area contributed by atoms with E-state index in [1.165, 1.54) is 60.2 Å². The van der Waals surface area contributed by atoms with Gasteiger partial charge in [0.2, 0.25) is 0 Å². The van der Waals surface area contributed by atoms with Crippen LogP contribution in [0.4, 0.5) is 0 Å². The van der Waals surface area contributed by atoms with Crippen LogP contribution in [0.3, 0.4) is 0 Å². The minimum atomic E-state index is 0.0226. The lowest BCUT2D eigenvalue weighted by Crippen LogP contribution is -2.14. The number of hydrogen-bond donors (Lipinski definition) is 0. The second kappa shape index (κ2) is 6.45. The van der Waals surface area contributed by atoms with Crippen LogP contribution >= 0.6 is 0 Å². The van der Waals surface area contributed by atoms with Crippen molar-refractivity contribution < 1.29 is 0 Å². The first-order chi connectivity index (χ1) is 15.3. The van der Waals surface area contributed by atoms with E-state index in [2.05, 4.69) is 94.5 Å². The van der Waals surface area contributed by atoms with E-state index in [-0.39, 0.29) is 5.41 Å². The van der Waals surface area contributed by atoms with Crippen molar-refractivity contribution in [1.82, 2.24) is 9.38 Å². The van der Waals surface area contributed by atoms with E-state index in [9.17, 15) is 0 Å².